The molecule has 2 aromatic carbocycles. The molecular formula is C18H18N2O5S. The second-order valence-electron chi connectivity index (χ2n) is 5.52. The molecule has 0 atom stereocenters. The number of carbonyl (C=O) groups excluding carboxylic acids is 3. The topological polar surface area (TPSA) is 109 Å². The van der Waals surface area contributed by atoms with Crippen LogP contribution in [0.25, 0.3) is 0 Å². The van der Waals surface area contributed by atoms with Gasteiger partial charge in [0.2, 0.25) is 11.8 Å². The van der Waals surface area contributed by atoms with Gasteiger partial charge < -0.3 is 5.32 Å². The quantitative estimate of drug-likeness (QED) is 0.722. The van der Waals surface area contributed by atoms with Crippen molar-refractivity contribution in [3.63, 3.8) is 0 Å². The first kappa shape index (κ1) is 19.3. The molecule has 0 bridgehead atoms. The van der Waals surface area contributed by atoms with Crippen LogP contribution in [0.5, 0.6) is 0 Å². The van der Waals surface area contributed by atoms with Gasteiger partial charge in [-0.1, -0.05) is 30.3 Å². The maximum absolute atomic E-state index is 12.0. The van der Waals surface area contributed by atoms with Crippen LogP contribution in [0, 0.1) is 0 Å². The van der Waals surface area contributed by atoms with Gasteiger partial charge >= 0.3 is 0 Å². The minimum atomic E-state index is -3.91. The molecule has 136 valence electrons. The number of Topliss-reactive ketones (excluding diaryl/α,β-unsaturated/α-hetero) is 1. The maximum atomic E-state index is 12.0. The van der Waals surface area contributed by atoms with E-state index in [1.54, 1.807) is 30.3 Å². The molecule has 26 heavy (non-hydrogen) atoms. The van der Waals surface area contributed by atoms with Gasteiger partial charge in [-0.05, 0) is 24.3 Å². The average molecular weight is 374 g/mol. The molecule has 0 aromatic heterocycles. The number of amides is 2. The Morgan fingerprint density at radius 1 is 0.885 bits per heavy atom. The highest BCUT2D eigenvalue weighted by atomic mass is 32.2. The fourth-order valence-corrected chi connectivity index (χ4v) is 3.18. The molecule has 0 aliphatic rings. The highest BCUT2D eigenvalue weighted by molar-refractivity contribution is 7.90. The van der Waals surface area contributed by atoms with E-state index in [4.69, 9.17) is 0 Å². The van der Waals surface area contributed by atoms with Gasteiger partial charge in [-0.25, -0.2) is 13.1 Å². The lowest BCUT2D eigenvalue weighted by atomic mass is 10.1. The monoisotopic (exact) mass is 374 g/mol. The molecule has 2 aromatic rings. The van der Waals surface area contributed by atoms with Crippen LogP contribution in [0.1, 0.15) is 30.1 Å². The second-order valence-corrected chi connectivity index (χ2v) is 7.21. The van der Waals surface area contributed by atoms with Crippen LogP contribution in [0.3, 0.4) is 0 Å². The van der Waals surface area contributed by atoms with Crippen LogP contribution >= 0.6 is 0 Å². The zero-order valence-corrected chi connectivity index (χ0v) is 14.9. The Morgan fingerprint density at radius 3 is 2.08 bits per heavy atom. The lowest BCUT2D eigenvalue weighted by molar-refractivity contribution is -0.117. The van der Waals surface area contributed by atoms with Crippen LogP contribution in [0.2, 0.25) is 0 Å². The molecule has 2 N–H and O–H groups in total. The van der Waals surface area contributed by atoms with E-state index in [9.17, 15) is 22.8 Å². The van der Waals surface area contributed by atoms with E-state index in [2.05, 4.69) is 5.32 Å². The van der Waals surface area contributed by atoms with Gasteiger partial charge in [-0.2, -0.15) is 0 Å². The Hall–Kier alpha value is -3.00. The highest BCUT2D eigenvalue weighted by Gasteiger charge is 2.15. The van der Waals surface area contributed by atoms with E-state index in [1.807, 2.05) is 4.72 Å². The molecular weight excluding hydrogens is 356 g/mol. The number of anilines is 1. The summed E-state index contributed by atoms with van der Waals surface area (Å²) < 4.78 is 25.5. The summed E-state index contributed by atoms with van der Waals surface area (Å²) >= 11 is 0. The number of ketones is 1. The number of sulfonamides is 1. The smallest absolute Gasteiger partial charge is 0.264 e. The molecule has 0 aliphatic heterocycles. The summed E-state index contributed by atoms with van der Waals surface area (Å²) in [5.74, 6) is -1.17. The van der Waals surface area contributed by atoms with E-state index in [-0.39, 0.29) is 29.4 Å². The summed E-state index contributed by atoms with van der Waals surface area (Å²) in [4.78, 5) is 34.7. The van der Waals surface area contributed by atoms with Crippen molar-refractivity contribution in [3.8, 4) is 0 Å². The molecule has 0 radical (unpaired) electrons. The molecule has 0 unspecified atom stereocenters. The van der Waals surface area contributed by atoms with Crippen molar-refractivity contribution in [1.29, 1.82) is 0 Å². The number of hydrogen-bond donors (Lipinski definition) is 2. The normalized spacial score (nSPS) is 10.8. The number of nitrogens with one attached hydrogen (secondary N) is 2. The Balaban J connectivity index is 1.91. The van der Waals surface area contributed by atoms with E-state index >= 15 is 0 Å². The Kier molecular flexibility index (Phi) is 6.24. The lowest BCUT2D eigenvalue weighted by Crippen LogP contribution is -2.28. The minimum Gasteiger partial charge on any atom is -0.326 e. The van der Waals surface area contributed by atoms with Gasteiger partial charge in [0.15, 0.2) is 5.78 Å². The van der Waals surface area contributed by atoms with Crippen molar-refractivity contribution in [2.75, 3.05) is 5.32 Å². The van der Waals surface area contributed by atoms with Crippen molar-refractivity contribution >= 4 is 33.3 Å². The summed E-state index contributed by atoms with van der Waals surface area (Å²) in [5.41, 5.74) is 0.941. The molecule has 0 fully saturated rings. The fourth-order valence-electron chi connectivity index (χ4n) is 2.18. The molecule has 0 spiro atoms. The summed E-state index contributed by atoms with van der Waals surface area (Å²) in [5, 5.41) is 2.59. The molecule has 0 heterocycles. The fraction of sp³-hybridized carbons (Fsp3) is 0.167. The number of carbonyl (C=O) groups is 3. The van der Waals surface area contributed by atoms with Crippen LogP contribution in [-0.2, 0) is 19.6 Å². The zero-order chi connectivity index (χ0) is 19.2. The standard InChI is InChI=1S/C18H18N2O5S/c1-13(21)20-26(24,25)16-9-7-15(8-10-16)19-18(23)12-11-17(22)14-5-3-2-4-6-14/h2-10H,11-12H2,1H3,(H,19,23)(H,20,21). The summed E-state index contributed by atoms with van der Waals surface area (Å²) in [6.45, 7) is 1.10. The molecule has 0 saturated carbocycles. The molecule has 7 nitrogen and oxygen atoms in total. The van der Waals surface area contributed by atoms with Gasteiger partial charge in [-0.3, -0.25) is 14.4 Å². The van der Waals surface area contributed by atoms with Crippen molar-refractivity contribution in [2.24, 2.45) is 0 Å². The summed E-state index contributed by atoms with van der Waals surface area (Å²) in [6, 6.07) is 14.1. The van der Waals surface area contributed by atoms with Crippen molar-refractivity contribution in [2.45, 2.75) is 24.7 Å². The molecule has 2 amide bonds. The van der Waals surface area contributed by atoms with Crippen LogP contribution in [0.4, 0.5) is 5.69 Å². The summed E-state index contributed by atoms with van der Waals surface area (Å²) in [7, 11) is -3.91. The van der Waals surface area contributed by atoms with E-state index in [0.717, 1.165) is 6.92 Å². The molecule has 0 aliphatic carbocycles. The third-order valence-electron chi connectivity index (χ3n) is 3.40. The zero-order valence-electron chi connectivity index (χ0n) is 14.1. The first-order valence-corrected chi connectivity index (χ1v) is 9.28. The van der Waals surface area contributed by atoms with E-state index in [0.29, 0.717) is 11.3 Å². The first-order chi connectivity index (χ1) is 12.3. The Bertz CT molecular complexity index is 906. The first-order valence-electron chi connectivity index (χ1n) is 7.79. The lowest BCUT2D eigenvalue weighted by Gasteiger charge is -2.07. The molecule has 2 rings (SSSR count). The average Bonchev–Trinajstić information content (AvgIpc) is 2.60. The molecule has 0 saturated heterocycles. The van der Waals surface area contributed by atoms with Gasteiger partial charge in [0.1, 0.15) is 0 Å². The van der Waals surface area contributed by atoms with Gasteiger partial charge in [0.25, 0.3) is 10.0 Å². The van der Waals surface area contributed by atoms with Gasteiger partial charge in [0.05, 0.1) is 4.90 Å². The Labute approximate surface area is 151 Å². The third-order valence-corrected chi connectivity index (χ3v) is 4.85. The van der Waals surface area contributed by atoms with Crippen molar-refractivity contribution in [3.05, 3.63) is 60.2 Å². The van der Waals surface area contributed by atoms with Crippen molar-refractivity contribution in [1.82, 2.24) is 4.72 Å². The van der Waals surface area contributed by atoms with Gasteiger partial charge in [-0.15, -0.1) is 0 Å². The van der Waals surface area contributed by atoms with Crippen molar-refractivity contribution < 1.29 is 22.8 Å². The number of hydrogen-bond acceptors (Lipinski definition) is 5. The molecule has 8 heteroatoms. The summed E-state index contributed by atoms with van der Waals surface area (Å²) in [6.07, 6.45) is 0.0878. The van der Waals surface area contributed by atoms with Crippen LogP contribution < -0.4 is 10.0 Å². The number of rotatable bonds is 7. The van der Waals surface area contributed by atoms with Gasteiger partial charge in [0, 0.05) is 31.0 Å². The van der Waals surface area contributed by atoms with E-state index in [1.165, 1.54) is 24.3 Å². The maximum Gasteiger partial charge on any atom is 0.264 e. The minimum absolute atomic E-state index is 0.0136. The second kappa shape index (κ2) is 8.39. The number of benzene rings is 2. The van der Waals surface area contributed by atoms with Crippen LogP contribution in [-0.4, -0.2) is 26.0 Å². The van der Waals surface area contributed by atoms with E-state index < -0.39 is 15.9 Å². The SMILES string of the molecule is CC(=O)NS(=O)(=O)c1ccc(NC(=O)CCC(=O)c2ccccc2)cc1. The third kappa shape index (κ3) is 5.52. The largest absolute Gasteiger partial charge is 0.326 e. The predicted molar refractivity (Wildman–Crippen MR) is 96.1 cm³/mol. The predicted octanol–water partition coefficient (Wildman–Crippen LogP) is 2.11. The highest BCUT2D eigenvalue weighted by Crippen LogP contribution is 2.15. The van der Waals surface area contributed by atoms with Crippen LogP contribution in [0.15, 0.2) is 59.5 Å². The Morgan fingerprint density at radius 2 is 1.50 bits per heavy atom.